The first kappa shape index (κ1) is 17.0. The van der Waals surface area contributed by atoms with Crippen LogP contribution < -0.4 is 0 Å². The quantitative estimate of drug-likeness (QED) is 0.624. The van der Waals surface area contributed by atoms with Crippen molar-refractivity contribution in [1.29, 1.82) is 0 Å². The fraction of sp³-hybridized carbons (Fsp3) is 0.192. The molecule has 0 aliphatic heterocycles. The second kappa shape index (κ2) is 5.68. The molecule has 0 amide bonds. The monoisotopic (exact) mass is 366 g/mol. The second-order valence-corrected chi connectivity index (χ2v) is 8.04. The van der Waals surface area contributed by atoms with Crippen LogP contribution in [0.15, 0.2) is 101 Å². The number of allylic oxidation sites excluding steroid dienone is 14. The van der Waals surface area contributed by atoms with Gasteiger partial charge in [0.2, 0.25) is 0 Å². The molecule has 2 heteroatoms. The maximum atomic E-state index is 11.8. The molecule has 0 unspecified atom stereocenters. The van der Waals surface area contributed by atoms with E-state index in [1.807, 2.05) is 24.3 Å². The normalized spacial score (nSPS) is 29.0. The molecular weight excluding hydrogens is 344 g/mol. The highest BCUT2D eigenvalue weighted by atomic mass is 16.5. The Hall–Kier alpha value is -3.13. The summed E-state index contributed by atoms with van der Waals surface area (Å²) < 4.78 is 4.83. The first-order valence-corrected chi connectivity index (χ1v) is 9.61. The van der Waals surface area contributed by atoms with E-state index in [4.69, 9.17) is 4.74 Å². The van der Waals surface area contributed by atoms with Gasteiger partial charge in [0, 0.05) is 10.8 Å². The number of ether oxygens (including phenoxy) is 1. The molecule has 0 saturated heterocycles. The number of rotatable bonds is 2. The van der Waals surface area contributed by atoms with Crippen LogP contribution in [0.2, 0.25) is 0 Å². The first-order chi connectivity index (χ1) is 13.5. The summed E-state index contributed by atoms with van der Waals surface area (Å²) in [6.07, 6.45) is 20.1. The Morgan fingerprint density at radius 1 is 0.786 bits per heavy atom. The summed E-state index contributed by atoms with van der Waals surface area (Å²) in [5.74, 6) is -0.309. The van der Waals surface area contributed by atoms with E-state index in [2.05, 4.69) is 68.5 Å². The third kappa shape index (κ3) is 1.95. The van der Waals surface area contributed by atoms with Crippen LogP contribution in [0.4, 0.5) is 0 Å². The molecule has 2 atom stereocenters. The highest BCUT2D eigenvalue weighted by Gasteiger charge is 2.56. The molecular formula is C26H22O2. The number of hydrogen-bond acceptors (Lipinski definition) is 2. The Labute approximate surface area is 165 Å². The van der Waals surface area contributed by atoms with Crippen LogP contribution >= 0.6 is 0 Å². The molecule has 28 heavy (non-hydrogen) atoms. The average molecular weight is 366 g/mol. The predicted octanol–water partition coefficient (Wildman–Crippen LogP) is 5.74. The summed E-state index contributed by atoms with van der Waals surface area (Å²) in [5.41, 5.74) is 8.06. The van der Waals surface area contributed by atoms with Crippen LogP contribution in [0.5, 0.6) is 0 Å². The van der Waals surface area contributed by atoms with Crippen LogP contribution in [0.3, 0.4) is 0 Å². The fourth-order valence-electron chi connectivity index (χ4n) is 5.18. The SMILES string of the molecule is COC(=O)c1ccc(C2=C3C=CC4=CC=CC5=CC=C(C=C2)[C@]3(C)[C@]45C)cc1. The largest absolute Gasteiger partial charge is 0.465 e. The van der Waals surface area contributed by atoms with E-state index in [0.29, 0.717) is 5.56 Å². The zero-order chi connectivity index (χ0) is 19.5. The third-order valence-corrected chi connectivity index (χ3v) is 7.03. The molecule has 4 aliphatic rings. The van der Waals surface area contributed by atoms with E-state index in [9.17, 15) is 4.79 Å². The van der Waals surface area contributed by atoms with Gasteiger partial charge < -0.3 is 4.74 Å². The molecule has 0 N–H and O–H groups in total. The summed E-state index contributed by atoms with van der Waals surface area (Å²) in [4.78, 5) is 11.8. The molecule has 0 spiro atoms. The lowest BCUT2D eigenvalue weighted by Crippen LogP contribution is -2.47. The maximum absolute atomic E-state index is 11.8. The molecule has 138 valence electrons. The van der Waals surface area contributed by atoms with Crippen LogP contribution in [0, 0.1) is 10.8 Å². The van der Waals surface area contributed by atoms with E-state index < -0.39 is 0 Å². The summed E-state index contributed by atoms with van der Waals surface area (Å²) >= 11 is 0. The molecule has 0 radical (unpaired) electrons. The van der Waals surface area contributed by atoms with Gasteiger partial charge in [0.1, 0.15) is 0 Å². The maximum Gasteiger partial charge on any atom is 0.337 e. The number of methoxy groups -OCH3 is 1. The van der Waals surface area contributed by atoms with Crippen molar-refractivity contribution in [3.63, 3.8) is 0 Å². The Balaban J connectivity index is 1.72. The van der Waals surface area contributed by atoms with Gasteiger partial charge in [0.25, 0.3) is 0 Å². The van der Waals surface area contributed by atoms with Gasteiger partial charge in [0.15, 0.2) is 0 Å². The minimum absolute atomic E-state index is 0.0854. The first-order valence-electron chi connectivity index (χ1n) is 9.61. The smallest absolute Gasteiger partial charge is 0.337 e. The van der Waals surface area contributed by atoms with Crippen molar-refractivity contribution in [3.05, 3.63) is 112 Å². The topological polar surface area (TPSA) is 26.3 Å². The molecule has 0 aromatic heterocycles. The molecule has 1 aromatic carbocycles. The number of hydrogen-bond donors (Lipinski definition) is 0. The van der Waals surface area contributed by atoms with Gasteiger partial charge in [0.05, 0.1) is 12.7 Å². The minimum atomic E-state index is -0.309. The molecule has 4 aliphatic carbocycles. The van der Waals surface area contributed by atoms with Gasteiger partial charge in [-0.2, -0.15) is 0 Å². The summed E-state index contributed by atoms with van der Waals surface area (Å²) in [6.45, 7) is 4.73. The lowest BCUT2D eigenvalue weighted by molar-refractivity contribution is 0.0600. The van der Waals surface area contributed by atoms with Gasteiger partial charge in [-0.05, 0) is 45.6 Å². The third-order valence-electron chi connectivity index (χ3n) is 7.03. The van der Waals surface area contributed by atoms with Crippen molar-refractivity contribution in [2.24, 2.45) is 10.8 Å². The van der Waals surface area contributed by atoms with Crippen molar-refractivity contribution in [1.82, 2.24) is 0 Å². The molecule has 0 heterocycles. The zero-order valence-corrected chi connectivity index (χ0v) is 16.3. The van der Waals surface area contributed by atoms with Crippen LogP contribution in [0.25, 0.3) is 5.57 Å². The van der Waals surface area contributed by atoms with Gasteiger partial charge in [-0.3, -0.25) is 0 Å². The number of carbonyl (C=O) groups is 1. The summed E-state index contributed by atoms with van der Waals surface area (Å²) in [7, 11) is 1.41. The van der Waals surface area contributed by atoms with Crippen molar-refractivity contribution in [3.8, 4) is 0 Å². The molecule has 0 bridgehead atoms. The van der Waals surface area contributed by atoms with Gasteiger partial charge in [-0.15, -0.1) is 0 Å². The van der Waals surface area contributed by atoms with Crippen LogP contribution in [0.1, 0.15) is 29.8 Å². The highest BCUT2D eigenvalue weighted by molar-refractivity contribution is 5.91. The van der Waals surface area contributed by atoms with E-state index >= 15 is 0 Å². The van der Waals surface area contributed by atoms with E-state index in [1.165, 1.54) is 35.0 Å². The molecule has 5 rings (SSSR count). The Morgan fingerprint density at radius 3 is 2.14 bits per heavy atom. The molecule has 0 saturated carbocycles. The Morgan fingerprint density at radius 2 is 1.43 bits per heavy atom. The van der Waals surface area contributed by atoms with Gasteiger partial charge >= 0.3 is 5.97 Å². The van der Waals surface area contributed by atoms with Crippen LogP contribution in [-0.4, -0.2) is 13.1 Å². The average Bonchev–Trinajstić information content (AvgIpc) is 2.71. The lowest BCUT2D eigenvalue weighted by Gasteiger charge is -2.56. The fourth-order valence-corrected chi connectivity index (χ4v) is 5.18. The Bertz CT molecular complexity index is 1120. The van der Waals surface area contributed by atoms with E-state index in [-0.39, 0.29) is 16.8 Å². The standard InChI is InChI=1S/C26H22O2/c1-25-19-5-4-6-20(25)14-16-23-22(15-13-21(12-11-19)26(23,25)2)17-7-9-18(10-8-17)24(27)28-3/h4-16H,1-3H3/t25-,26-/m0/s1. The van der Waals surface area contributed by atoms with Crippen molar-refractivity contribution in [2.45, 2.75) is 13.8 Å². The van der Waals surface area contributed by atoms with Crippen LogP contribution in [-0.2, 0) is 4.74 Å². The van der Waals surface area contributed by atoms with Gasteiger partial charge in [-0.25, -0.2) is 4.79 Å². The lowest BCUT2D eigenvalue weighted by atomic mass is 9.46. The van der Waals surface area contributed by atoms with Crippen molar-refractivity contribution in [2.75, 3.05) is 7.11 Å². The predicted molar refractivity (Wildman–Crippen MR) is 113 cm³/mol. The highest BCUT2D eigenvalue weighted by Crippen LogP contribution is 2.65. The molecule has 1 aromatic rings. The number of esters is 1. The number of benzene rings is 1. The number of carbonyl (C=O) groups excluding carboxylic acids is 1. The van der Waals surface area contributed by atoms with E-state index in [1.54, 1.807) is 0 Å². The molecule has 0 fully saturated rings. The zero-order valence-electron chi connectivity index (χ0n) is 16.3. The van der Waals surface area contributed by atoms with E-state index in [0.717, 1.165) is 5.56 Å². The summed E-state index contributed by atoms with van der Waals surface area (Å²) in [6, 6.07) is 7.70. The second-order valence-electron chi connectivity index (χ2n) is 8.04. The Kier molecular flexibility index (Phi) is 3.45. The summed E-state index contributed by atoms with van der Waals surface area (Å²) in [5, 5.41) is 0. The van der Waals surface area contributed by atoms with Crippen molar-refractivity contribution < 1.29 is 9.53 Å². The van der Waals surface area contributed by atoms with Gasteiger partial charge in [-0.1, -0.05) is 80.7 Å². The minimum Gasteiger partial charge on any atom is -0.465 e. The van der Waals surface area contributed by atoms with Crippen molar-refractivity contribution >= 4 is 11.5 Å². The molecule has 2 nitrogen and oxygen atoms in total.